The molecular weight excluding hydrogens is 202 g/mol. The summed E-state index contributed by atoms with van der Waals surface area (Å²) in [5.41, 5.74) is 8.14. The number of hydrogen-bond donors (Lipinski definition) is 1. The number of ether oxygens (including phenoxy) is 1. The van der Waals surface area contributed by atoms with E-state index >= 15 is 0 Å². The van der Waals surface area contributed by atoms with Crippen molar-refractivity contribution in [3.8, 4) is 6.07 Å². The van der Waals surface area contributed by atoms with Crippen molar-refractivity contribution in [3.05, 3.63) is 23.8 Å². The minimum absolute atomic E-state index is 0.384. The van der Waals surface area contributed by atoms with Crippen LogP contribution >= 0.6 is 0 Å². The first-order valence-electron chi connectivity index (χ1n) is 5.32. The third-order valence-corrected chi connectivity index (χ3v) is 2.99. The zero-order valence-corrected chi connectivity index (χ0v) is 9.31. The summed E-state index contributed by atoms with van der Waals surface area (Å²) in [6.07, 6.45) is 1.02. The number of benzene rings is 1. The molecule has 0 spiro atoms. The van der Waals surface area contributed by atoms with Gasteiger partial charge in [0.15, 0.2) is 0 Å². The molecule has 1 unspecified atom stereocenters. The van der Waals surface area contributed by atoms with Gasteiger partial charge in [-0.1, -0.05) is 0 Å². The number of likely N-dealkylation sites (N-methyl/N-ethyl adjacent to an activating group) is 1. The number of nitriles is 1. The summed E-state index contributed by atoms with van der Waals surface area (Å²) in [5.74, 6) is 0. The second kappa shape index (κ2) is 4.42. The van der Waals surface area contributed by atoms with E-state index in [1.807, 2.05) is 13.1 Å². The molecule has 1 aliphatic rings. The standard InChI is InChI=1S/C12H15N3O/c1-15(10-4-5-16-8-10)12-3-2-9(7-13)6-11(12)14/h2-3,6,10H,4-5,8,14H2,1H3. The molecule has 0 bridgehead atoms. The molecule has 0 saturated carbocycles. The second-order valence-corrected chi connectivity index (χ2v) is 4.01. The van der Waals surface area contributed by atoms with E-state index in [2.05, 4.69) is 11.0 Å². The lowest BCUT2D eigenvalue weighted by molar-refractivity contribution is 0.193. The van der Waals surface area contributed by atoms with Crippen LogP contribution in [0.2, 0.25) is 0 Å². The van der Waals surface area contributed by atoms with Crippen LogP contribution in [0.15, 0.2) is 18.2 Å². The molecule has 0 aliphatic carbocycles. The van der Waals surface area contributed by atoms with Gasteiger partial charge >= 0.3 is 0 Å². The van der Waals surface area contributed by atoms with Crippen molar-refractivity contribution in [2.45, 2.75) is 12.5 Å². The minimum atomic E-state index is 0.384. The summed E-state index contributed by atoms with van der Waals surface area (Å²) in [6, 6.07) is 7.86. The van der Waals surface area contributed by atoms with Crippen molar-refractivity contribution in [3.63, 3.8) is 0 Å². The van der Waals surface area contributed by atoms with Gasteiger partial charge in [0, 0.05) is 13.7 Å². The molecule has 84 valence electrons. The van der Waals surface area contributed by atoms with Gasteiger partial charge in [-0.25, -0.2) is 0 Å². The Hall–Kier alpha value is -1.73. The number of hydrogen-bond acceptors (Lipinski definition) is 4. The summed E-state index contributed by atoms with van der Waals surface area (Å²) in [4.78, 5) is 2.13. The Labute approximate surface area is 95.2 Å². The molecule has 1 saturated heterocycles. The Morgan fingerprint density at radius 2 is 2.38 bits per heavy atom. The van der Waals surface area contributed by atoms with Crippen molar-refractivity contribution in [1.82, 2.24) is 0 Å². The highest BCUT2D eigenvalue weighted by molar-refractivity contribution is 5.69. The average molecular weight is 217 g/mol. The van der Waals surface area contributed by atoms with E-state index in [4.69, 9.17) is 15.7 Å². The third-order valence-electron chi connectivity index (χ3n) is 2.99. The van der Waals surface area contributed by atoms with E-state index in [0.717, 1.165) is 25.3 Å². The Bertz CT molecular complexity index is 419. The van der Waals surface area contributed by atoms with Crippen LogP contribution in [0.5, 0.6) is 0 Å². The highest BCUT2D eigenvalue weighted by Crippen LogP contribution is 2.26. The maximum atomic E-state index is 8.76. The van der Waals surface area contributed by atoms with E-state index < -0.39 is 0 Å². The Balaban J connectivity index is 2.23. The lowest BCUT2D eigenvalue weighted by atomic mass is 10.1. The van der Waals surface area contributed by atoms with E-state index in [0.29, 0.717) is 17.3 Å². The van der Waals surface area contributed by atoms with E-state index in [9.17, 15) is 0 Å². The van der Waals surface area contributed by atoms with E-state index in [-0.39, 0.29) is 0 Å². The smallest absolute Gasteiger partial charge is 0.0992 e. The van der Waals surface area contributed by atoms with Gasteiger partial charge in [-0.2, -0.15) is 5.26 Å². The molecule has 16 heavy (non-hydrogen) atoms. The molecule has 1 atom stereocenters. The van der Waals surface area contributed by atoms with Crippen LogP contribution in [0.4, 0.5) is 11.4 Å². The topological polar surface area (TPSA) is 62.3 Å². The van der Waals surface area contributed by atoms with Crippen molar-refractivity contribution in [2.75, 3.05) is 30.9 Å². The predicted molar refractivity (Wildman–Crippen MR) is 63.2 cm³/mol. The van der Waals surface area contributed by atoms with E-state index in [1.165, 1.54) is 0 Å². The molecular formula is C12H15N3O. The fraction of sp³-hybridized carbons (Fsp3) is 0.417. The quantitative estimate of drug-likeness (QED) is 0.760. The lowest BCUT2D eigenvalue weighted by Gasteiger charge is -2.26. The fourth-order valence-corrected chi connectivity index (χ4v) is 1.97. The van der Waals surface area contributed by atoms with Crippen LogP contribution in [0.1, 0.15) is 12.0 Å². The largest absolute Gasteiger partial charge is 0.397 e. The van der Waals surface area contributed by atoms with Gasteiger partial charge < -0.3 is 15.4 Å². The molecule has 1 fully saturated rings. The van der Waals surface area contributed by atoms with Crippen LogP contribution in [0.25, 0.3) is 0 Å². The van der Waals surface area contributed by atoms with Gasteiger partial charge in [0.1, 0.15) is 0 Å². The van der Waals surface area contributed by atoms with Crippen molar-refractivity contribution in [2.24, 2.45) is 0 Å². The highest BCUT2D eigenvalue weighted by Gasteiger charge is 2.21. The summed E-state index contributed by atoms with van der Waals surface area (Å²) in [7, 11) is 2.01. The molecule has 1 aliphatic heterocycles. The summed E-state index contributed by atoms with van der Waals surface area (Å²) >= 11 is 0. The van der Waals surface area contributed by atoms with Crippen molar-refractivity contribution in [1.29, 1.82) is 5.26 Å². The number of rotatable bonds is 2. The molecule has 1 aromatic carbocycles. The molecule has 0 amide bonds. The first kappa shape index (κ1) is 10.8. The average Bonchev–Trinajstić information content (AvgIpc) is 2.81. The van der Waals surface area contributed by atoms with Crippen LogP contribution in [-0.4, -0.2) is 26.3 Å². The van der Waals surface area contributed by atoms with Crippen LogP contribution < -0.4 is 10.6 Å². The van der Waals surface area contributed by atoms with Gasteiger partial charge in [0.05, 0.1) is 35.7 Å². The van der Waals surface area contributed by atoms with E-state index in [1.54, 1.807) is 12.1 Å². The number of nitrogens with two attached hydrogens (primary N) is 1. The third kappa shape index (κ3) is 1.95. The van der Waals surface area contributed by atoms with Crippen molar-refractivity contribution < 1.29 is 4.74 Å². The maximum absolute atomic E-state index is 8.76. The predicted octanol–water partition coefficient (Wildman–Crippen LogP) is 1.37. The summed E-state index contributed by atoms with van der Waals surface area (Å²) < 4.78 is 5.35. The Morgan fingerprint density at radius 3 is 2.94 bits per heavy atom. The number of nitrogens with zero attached hydrogens (tertiary/aromatic N) is 2. The first-order chi connectivity index (χ1) is 7.72. The van der Waals surface area contributed by atoms with Crippen molar-refractivity contribution >= 4 is 11.4 Å². The molecule has 4 heteroatoms. The normalized spacial score (nSPS) is 19.4. The van der Waals surface area contributed by atoms with Gasteiger partial charge in [-0.05, 0) is 24.6 Å². The van der Waals surface area contributed by atoms with Crippen LogP contribution in [0.3, 0.4) is 0 Å². The molecule has 2 N–H and O–H groups in total. The van der Waals surface area contributed by atoms with Crippen LogP contribution in [0, 0.1) is 11.3 Å². The Kier molecular flexibility index (Phi) is 2.97. The number of nitrogen functional groups attached to an aromatic ring is 1. The zero-order valence-electron chi connectivity index (χ0n) is 9.31. The van der Waals surface area contributed by atoms with Gasteiger partial charge in [0.25, 0.3) is 0 Å². The lowest BCUT2D eigenvalue weighted by Crippen LogP contribution is -2.32. The monoisotopic (exact) mass is 217 g/mol. The summed E-state index contributed by atoms with van der Waals surface area (Å²) in [6.45, 7) is 1.56. The molecule has 1 heterocycles. The van der Waals surface area contributed by atoms with Gasteiger partial charge in [0.2, 0.25) is 0 Å². The maximum Gasteiger partial charge on any atom is 0.0992 e. The van der Waals surface area contributed by atoms with Crippen LogP contribution in [-0.2, 0) is 4.74 Å². The molecule has 0 aromatic heterocycles. The first-order valence-corrected chi connectivity index (χ1v) is 5.32. The molecule has 0 radical (unpaired) electrons. The minimum Gasteiger partial charge on any atom is -0.397 e. The number of anilines is 2. The SMILES string of the molecule is CN(c1ccc(C#N)cc1N)C1CCOC1. The van der Waals surface area contributed by atoms with Gasteiger partial charge in [-0.15, -0.1) is 0 Å². The zero-order chi connectivity index (χ0) is 11.5. The molecule has 1 aromatic rings. The molecule has 4 nitrogen and oxygen atoms in total. The Morgan fingerprint density at radius 1 is 1.56 bits per heavy atom. The highest BCUT2D eigenvalue weighted by atomic mass is 16.5. The van der Waals surface area contributed by atoms with Gasteiger partial charge in [-0.3, -0.25) is 0 Å². The summed E-state index contributed by atoms with van der Waals surface area (Å²) in [5, 5.41) is 8.76. The second-order valence-electron chi connectivity index (χ2n) is 4.01. The molecule has 2 rings (SSSR count). The fourth-order valence-electron chi connectivity index (χ4n) is 1.97.